The lowest BCUT2D eigenvalue weighted by atomic mass is 9.92. The van der Waals surface area contributed by atoms with Gasteiger partial charge < -0.3 is 14.8 Å². The number of aromatic nitrogens is 1. The Morgan fingerprint density at radius 2 is 1.81 bits per heavy atom. The number of rotatable bonds is 12. The Hall–Kier alpha value is -4.09. The molecule has 0 fully saturated rings. The van der Waals surface area contributed by atoms with Gasteiger partial charge in [-0.2, -0.15) is 13.2 Å². The van der Waals surface area contributed by atoms with Gasteiger partial charge in [0.1, 0.15) is 11.6 Å². The highest BCUT2D eigenvalue weighted by Gasteiger charge is 2.38. The third-order valence-corrected chi connectivity index (χ3v) is 9.59. The number of halogens is 4. The van der Waals surface area contributed by atoms with E-state index in [0.717, 1.165) is 23.8 Å². The number of carbonyl (C=O) groups excluding carboxylic acids is 1. The molecule has 0 bridgehead atoms. The summed E-state index contributed by atoms with van der Waals surface area (Å²) in [5.41, 5.74) is 0.890. The van der Waals surface area contributed by atoms with Crippen LogP contribution in [0.2, 0.25) is 0 Å². The number of hydrogen-bond donors (Lipinski definition) is 1. The molecule has 1 aliphatic heterocycles. The van der Waals surface area contributed by atoms with Gasteiger partial charge in [0, 0.05) is 24.2 Å². The first-order valence-corrected chi connectivity index (χ1v) is 16.4. The van der Waals surface area contributed by atoms with Crippen LogP contribution in [0.3, 0.4) is 0 Å². The van der Waals surface area contributed by atoms with E-state index in [9.17, 15) is 22.8 Å². The van der Waals surface area contributed by atoms with Crippen LogP contribution in [-0.4, -0.2) is 36.6 Å². The zero-order valence-electron chi connectivity index (χ0n) is 26.3. The lowest BCUT2D eigenvalue weighted by Gasteiger charge is -2.28. The highest BCUT2D eigenvalue weighted by molar-refractivity contribution is 7.99. The number of ether oxygens (including phenoxy) is 2. The first-order valence-electron chi connectivity index (χ1n) is 15.4. The Kier molecular flexibility index (Phi) is 10.8. The van der Waals surface area contributed by atoms with Crippen LogP contribution >= 0.6 is 11.8 Å². The smallest absolute Gasteiger partial charge is 0.416 e. The minimum Gasteiger partial charge on any atom is -0.497 e. The predicted molar refractivity (Wildman–Crippen MR) is 174 cm³/mol. The van der Waals surface area contributed by atoms with E-state index in [1.807, 2.05) is 30.3 Å². The summed E-state index contributed by atoms with van der Waals surface area (Å²) in [5, 5.41) is 4.04. The Labute approximate surface area is 275 Å². The molecule has 6 nitrogen and oxygen atoms in total. The second kappa shape index (κ2) is 14.8. The van der Waals surface area contributed by atoms with E-state index in [-0.39, 0.29) is 30.4 Å². The van der Waals surface area contributed by atoms with Crippen molar-refractivity contribution in [3.8, 4) is 16.9 Å². The maximum absolute atomic E-state index is 15.2. The lowest BCUT2D eigenvalue weighted by Crippen LogP contribution is -2.36. The summed E-state index contributed by atoms with van der Waals surface area (Å²) in [6.07, 6.45) is -4.39. The molecule has 1 N–H and O–H groups in total. The SMILES string of the molecule is CCOC(=O)CCCNC(c1ccccc1)C1CSc2c(Cc3c(F)cccc3C(F)(F)F)c(C)c(-c3cccc(OC)c3)c(=O)n21. The Morgan fingerprint density at radius 1 is 1.06 bits per heavy atom. The fourth-order valence-corrected chi connectivity index (χ4v) is 7.57. The molecule has 0 saturated heterocycles. The Balaban J connectivity index is 1.67. The van der Waals surface area contributed by atoms with E-state index in [0.29, 0.717) is 58.4 Å². The van der Waals surface area contributed by atoms with E-state index < -0.39 is 29.2 Å². The second-order valence-electron chi connectivity index (χ2n) is 11.3. The average molecular weight is 669 g/mol. The van der Waals surface area contributed by atoms with Gasteiger partial charge in [0.05, 0.1) is 42.0 Å². The molecule has 1 aromatic heterocycles. The molecule has 2 atom stereocenters. The molecule has 0 saturated carbocycles. The van der Waals surface area contributed by atoms with Crippen molar-refractivity contribution in [1.82, 2.24) is 9.88 Å². The summed E-state index contributed by atoms with van der Waals surface area (Å²) in [6, 6.07) is 18.7. The quantitative estimate of drug-likeness (QED) is 0.0941. The summed E-state index contributed by atoms with van der Waals surface area (Å²) in [7, 11) is 1.51. The van der Waals surface area contributed by atoms with E-state index in [1.165, 1.54) is 18.9 Å². The number of esters is 1. The largest absolute Gasteiger partial charge is 0.497 e. The Morgan fingerprint density at radius 3 is 2.51 bits per heavy atom. The van der Waals surface area contributed by atoms with Gasteiger partial charge in [-0.25, -0.2) is 4.39 Å². The van der Waals surface area contributed by atoms with Gasteiger partial charge in [-0.15, -0.1) is 11.8 Å². The molecule has 5 rings (SSSR count). The lowest BCUT2D eigenvalue weighted by molar-refractivity contribution is -0.143. The zero-order chi connectivity index (χ0) is 33.7. The third-order valence-electron chi connectivity index (χ3n) is 8.37. The topological polar surface area (TPSA) is 69.6 Å². The fourth-order valence-electron chi connectivity index (χ4n) is 6.14. The van der Waals surface area contributed by atoms with Crippen molar-refractivity contribution in [2.24, 2.45) is 0 Å². The average Bonchev–Trinajstić information content (AvgIpc) is 3.49. The number of pyridine rings is 1. The number of nitrogens with zero attached hydrogens (tertiary/aromatic N) is 1. The maximum atomic E-state index is 15.2. The number of hydrogen-bond acceptors (Lipinski definition) is 6. The van der Waals surface area contributed by atoms with Crippen LogP contribution in [0.1, 0.15) is 59.7 Å². The van der Waals surface area contributed by atoms with Crippen LogP contribution in [0.5, 0.6) is 5.75 Å². The minimum absolute atomic E-state index is 0.228. The third kappa shape index (κ3) is 7.41. The molecule has 0 spiro atoms. The molecule has 0 amide bonds. The molecule has 0 aliphatic carbocycles. The standard InChI is InChI=1S/C36H36F4N2O4S/c1-4-46-31(43)17-10-18-41-33(23-11-6-5-7-12-23)30-21-47-35-26(20-27-28(36(38,39)40)15-9-16-29(27)37)22(2)32(34(44)42(30)35)24-13-8-14-25(19-24)45-3/h5-9,11-16,19,30,33,41H,4,10,17-18,20-21H2,1-3H3. The van der Waals surface area contributed by atoms with E-state index in [2.05, 4.69) is 5.32 Å². The van der Waals surface area contributed by atoms with Crippen molar-refractivity contribution < 1.29 is 31.8 Å². The molecular weight excluding hydrogens is 632 g/mol. The van der Waals surface area contributed by atoms with Crippen molar-refractivity contribution in [2.75, 3.05) is 26.0 Å². The summed E-state index contributed by atoms with van der Waals surface area (Å²) < 4.78 is 69.7. The van der Waals surface area contributed by atoms with Crippen molar-refractivity contribution in [2.45, 2.75) is 56.4 Å². The Bertz CT molecular complexity index is 1790. The van der Waals surface area contributed by atoms with Crippen molar-refractivity contribution in [1.29, 1.82) is 0 Å². The van der Waals surface area contributed by atoms with Gasteiger partial charge in [0.15, 0.2) is 0 Å². The number of thioether (sulfide) groups is 1. The zero-order valence-corrected chi connectivity index (χ0v) is 27.1. The molecule has 3 aromatic carbocycles. The maximum Gasteiger partial charge on any atom is 0.416 e. The summed E-state index contributed by atoms with van der Waals surface area (Å²) >= 11 is 1.38. The van der Waals surface area contributed by atoms with Crippen LogP contribution in [0.25, 0.3) is 11.1 Å². The van der Waals surface area contributed by atoms with Crippen LogP contribution in [0.4, 0.5) is 17.6 Å². The monoisotopic (exact) mass is 668 g/mol. The van der Waals surface area contributed by atoms with Gasteiger partial charge in [-0.1, -0.05) is 48.5 Å². The van der Waals surface area contributed by atoms with Crippen molar-refractivity contribution in [3.05, 3.63) is 117 Å². The molecule has 2 unspecified atom stereocenters. The highest BCUT2D eigenvalue weighted by Crippen LogP contribution is 2.45. The number of carbonyl (C=O) groups is 1. The highest BCUT2D eigenvalue weighted by atomic mass is 32.2. The molecule has 248 valence electrons. The number of methoxy groups -OCH3 is 1. The molecule has 47 heavy (non-hydrogen) atoms. The molecule has 11 heteroatoms. The number of benzene rings is 3. The van der Waals surface area contributed by atoms with Crippen LogP contribution in [-0.2, 0) is 22.1 Å². The molecule has 0 radical (unpaired) electrons. The summed E-state index contributed by atoms with van der Waals surface area (Å²) in [4.78, 5) is 26.5. The van der Waals surface area contributed by atoms with E-state index in [1.54, 1.807) is 42.7 Å². The van der Waals surface area contributed by atoms with Crippen molar-refractivity contribution in [3.63, 3.8) is 0 Å². The van der Waals surface area contributed by atoms with Crippen molar-refractivity contribution >= 4 is 17.7 Å². The van der Waals surface area contributed by atoms with E-state index in [4.69, 9.17) is 9.47 Å². The predicted octanol–water partition coefficient (Wildman–Crippen LogP) is 7.90. The van der Waals surface area contributed by atoms with Gasteiger partial charge in [0.2, 0.25) is 0 Å². The van der Waals surface area contributed by atoms with E-state index >= 15 is 4.39 Å². The summed E-state index contributed by atoms with van der Waals surface area (Å²) in [5.74, 6) is -0.301. The van der Waals surface area contributed by atoms with Crippen LogP contribution < -0.4 is 15.6 Å². The number of nitrogens with one attached hydrogen (secondary N) is 1. The molecule has 4 aromatic rings. The van der Waals surface area contributed by atoms with Crippen LogP contribution in [0.15, 0.2) is 82.6 Å². The minimum atomic E-state index is -4.77. The van der Waals surface area contributed by atoms with Gasteiger partial charge in [0.25, 0.3) is 5.56 Å². The van der Waals surface area contributed by atoms with Gasteiger partial charge >= 0.3 is 12.1 Å². The van der Waals surface area contributed by atoms with Crippen LogP contribution in [0, 0.1) is 12.7 Å². The molecular formula is C36H36F4N2O4S. The van der Waals surface area contributed by atoms with Gasteiger partial charge in [-0.3, -0.25) is 14.2 Å². The molecule has 2 heterocycles. The van der Waals surface area contributed by atoms with Gasteiger partial charge in [-0.05, 0) is 73.3 Å². The first kappa shape index (κ1) is 34.3. The number of fused-ring (bicyclic) bond motifs is 1. The number of alkyl halides is 3. The second-order valence-corrected chi connectivity index (χ2v) is 12.3. The first-order chi connectivity index (χ1) is 22.5. The normalized spacial score (nSPS) is 14.9. The molecule has 1 aliphatic rings. The summed E-state index contributed by atoms with van der Waals surface area (Å²) in [6.45, 7) is 4.21. The fraction of sp³-hybridized carbons (Fsp3) is 0.333.